The van der Waals surface area contributed by atoms with E-state index in [1.54, 1.807) is 43.0 Å². The Kier molecular flexibility index (Phi) is 7.76. The molecule has 0 fully saturated rings. The SMILES string of the molecule is CCOC(=O)c1ccc(NC(=S)NCCSc2ccc(C)cc2)cc1. The lowest BCUT2D eigenvalue weighted by Crippen LogP contribution is -2.30. The van der Waals surface area contributed by atoms with Crippen molar-refractivity contribution in [2.24, 2.45) is 0 Å². The van der Waals surface area contributed by atoms with Crippen molar-refractivity contribution in [3.63, 3.8) is 0 Å². The molecule has 4 nitrogen and oxygen atoms in total. The Balaban J connectivity index is 1.71. The van der Waals surface area contributed by atoms with Gasteiger partial charge in [0.25, 0.3) is 0 Å². The minimum absolute atomic E-state index is 0.317. The van der Waals surface area contributed by atoms with Gasteiger partial charge in [-0.2, -0.15) is 0 Å². The fourth-order valence-corrected chi connectivity index (χ4v) is 3.04. The Morgan fingerprint density at radius 3 is 2.44 bits per heavy atom. The van der Waals surface area contributed by atoms with E-state index in [1.165, 1.54) is 10.5 Å². The maximum absolute atomic E-state index is 11.6. The van der Waals surface area contributed by atoms with E-state index in [4.69, 9.17) is 17.0 Å². The van der Waals surface area contributed by atoms with Crippen LogP contribution in [0.15, 0.2) is 53.4 Å². The topological polar surface area (TPSA) is 50.4 Å². The van der Waals surface area contributed by atoms with Gasteiger partial charge in [0.15, 0.2) is 5.11 Å². The first-order chi connectivity index (χ1) is 12.1. The minimum Gasteiger partial charge on any atom is -0.462 e. The van der Waals surface area contributed by atoms with Crippen LogP contribution in [-0.4, -0.2) is 30.0 Å². The predicted octanol–water partition coefficient (Wildman–Crippen LogP) is 4.25. The van der Waals surface area contributed by atoms with Crippen molar-refractivity contribution in [1.82, 2.24) is 5.32 Å². The molecule has 0 saturated heterocycles. The molecule has 0 saturated carbocycles. The van der Waals surface area contributed by atoms with E-state index in [2.05, 4.69) is 41.8 Å². The maximum Gasteiger partial charge on any atom is 0.338 e. The van der Waals surface area contributed by atoms with Crippen LogP contribution < -0.4 is 10.6 Å². The monoisotopic (exact) mass is 374 g/mol. The zero-order chi connectivity index (χ0) is 18.1. The van der Waals surface area contributed by atoms with Gasteiger partial charge < -0.3 is 15.4 Å². The number of carbonyl (C=O) groups excluding carboxylic acids is 1. The molecule has 0 heterocycles. The van der Waals surface area contributed by atoms with Crippen LogP contribution >= 0.6 is 24.0 Å². The van der Waals surface area contributed by atoms with Gasteiger partial charge in [0.05, 0.1) is 12.2 Å². The summed E-state index contributed by atoms with van der Waals surface area (Å²) in [6, 6.07) is 15.5. The number of anilines is 1. The Hall–Kier alpha value is -2.05. The second-order valence-corrected chi connectivity index (χ2v) is 6.92. The van der Waals surface area contributed by atoms with Crippen molar-refractivity contribution in [3.8, 4) is 0 Å². The summed E-state index contributed by atoms with van der Waals surface area (Å²) in [7, 11) is 0. The highest BCUT2D eigenvalue weighted by Crippen LogP contribution is 2.17. The first kappa shape index (κ1) is 19.3. The van der Waals surface area contributed by atoms with Crippen molar-refractivity contribution < 1.29 is 9.53 Å². The number of thiocarbonyl (C=S) groups is 1. The summed E-state index contributed by atoms with van der Waals surface area (Å²) in [5, 5.41) is 6.85. The second kappa shape index (κ2) is 10.1. The summed E-state index contributed by atoms with van der Waals surface area (Å²) in [6.07, 6.45) is 0. The van der Waals surface area contributed by atoms with E-state index in [0.29, 0.717) is 17.3 Å². The first-order valence-electron chi connectivity index (χ1n) is 8.10. The number of esters is 1. The Morgan fingerprint density at radius 1 is 1.12 bits per heavy atom. The summed E-state index contributed by atoms with van der Waals surface area (Å²) in [5.41, 5.74) is 2.62. The maximum atomic E-state index is 11.6. The number of aryl methyl sites for hydroxylation is 1. The number of carbonyl (C=O) groups is 1. The second-order valence-electron chi connectivity index (χ2n) is 5.34. The van der Waals surface area contributed by atoms with Crippen molar-refractivity contribution in [1.29, 1.82) is 0 Å². The molecular weight excluding hydrogens is 352 g/mol. The molecule has 0 aliphatic carbocycles. The summed E-state index contributed by atoms with van der Waals surface area (Å²) in [5.74, 6) is 0.607. The van der Waals surface area contributed by atoms with E-state index in [0.717, 1.165) is 18.0 Å². The molecule has 2 N–H and O–H groups in total. The van der Waals surface area contributed by atoms with E-state index in [1.807, 2.05) is 0 Å². The summed E-state index contributed by atoms with van der Waals surface area (Å²) in [4.78, 5) is 12.9. The molecule has 0 unspecified atom stereocenters. The fraction of sp³-hybridized carbons (Fsp3) is 0.263. The lowest BCUT2D eigenvalue weighted by atomic mass is 10.2. The van der Waals surface area contributed by atoms with Crippen LogP contribution in [0.5, 0.6) is 0 Å². The number of rotatable bonds is 7. The number of benzene rings is 2. The molecule has 6 heteroatoms. The largest absolute Gasteiger partial charge is 0.462 e. The third-order valence-electron chi connectivity index (χ3n) is 3.33. The van der Waals surface area contributed by atoms with E-state index in [9.17, 15) is 4.79 Å². The lowest BCUT2D eigenvalue weighted by molar-refractivity contribution is 0.0526. The first-order valence-corrected chi connectivity index (χ1v) is 9.49. The van der Waals surface area contributed by atoms with Gasteiger partial charge in [0.2, 0.25) is 0 Å². The molecule has 0 bridgehead atoms. The summed E-state index contributed by atoms with van der Waals surface area (Å²) in [6.45, 7) is 5.01. The van der Waals surface area contributed by atoms with Crippen LogP contribution in [0.4, 0.5) is 5.69 Å². The number of ether oxygens (including phenoxy) is 1. The third-order valence-corrected chi connectivity index (χ3v) is 4.59. The van der Waals surface area contributed by atoms with E-state index < -0.39 is 0 Å². The van der Waals surface area contributed by atoms with Crippen LogP contribution in [0.25, 0.3) is 0 Å². The molecule has 0 aliphatic rings. The van der Waals surface area contributed by atoms with Crippen molar-refractivity contribution in [2.45, 2.75) is 18.7 Å². The number of hydrogen-bond acceptors (Lipinski definition) is 4. The molecule has 25 heavy (non-hydrogen) atoms. The van der Waals surface area contributed by atoms with Crippen molar-refractivity contribution in [2.75, 3.05) is 24.2 Å². The summed E-state index contributed by atoms with van der Waals surface area (Å²) >= 11 is 7.07. The third kappa shape index (κ3) is 6.76. The molecule has 2 rings (SSSR count). The van der Waals surface area contributed by atoms with E-state index in [-0.39, 0.29) is 5.97 Å². The van der Waals surface area contributed by atoms with Gasteiger partial charge in [0.1, 0.15) is 0 Å². The average Bonchev–Trinajstić information content (AvgIpc) is 2.61. The zero-order valence-corrected chi connectivity index (χ0v) is 16.0. The molecule has 0 atom stereocenters. The number of nitrogens with one attached hydrogen (secondary N) is 2. The van der Waals surface area contributed by atoms with Crippen molar-refractivity contribution in [3.05, 3.63) is 59.7 Å². The van der Waals surface area contributed by atoms with Crippen LogP contribution in [0.2, 0.25) is 0 Å². The molecular formula is C19H22N2O2S2. The van der Waals surface area contributed by atoms with Crippen molar-refractivity contribution >= 4 is 40.7 Å². The minimum atomic E-state index is -0.317. The van der Waals surface area contributed by atoms with Gasteiger partial charge >= 0.3 is 5.97 Å². The highest BCUT2D eigenvalue weighted by molar-refractivity contribution is 7.99. The van der Waals surface area contributed by atoms with Gasteiger partial charge in [-0.1, -0.05) is 17.7 Å². The smallest absolute Gasteiger partial charge is 0.338 e. The standard InChI is InChI=1S/C19H22N2O2S2/c1-3-23-18(22)15-6-8-16(9-7-15)21-19(24)20-12-13-25-17-10-4-14(2)5-11-17/h4-11H,3,12-13H2,1-2H3,(H2,20,21,24). The Bertz CT molecular complexity index is 700. The average molecular weight is 375 g/mol. The molecule has 2 aromatic rings. The van der Waals surface area contributed by atoms with Crippen LogP contribution in [-0.2, 0) is 4.74 Å². The molecule has 0 aliphatic heterocycles. The number of thioether (sulfide) groups is 1. The number of hydrogen-bond donors (Lipinski definition) is 2. The van der Waals surface area contributed by atoms with Crippen LogP contribution in [0.1, 0.15) is 22.8 Å². The highest BCUT2D eigenvalue weighted by atomic mass is 32.2. The van der Waals surface area contributed by atoms with E-state index >= 15 is 0 Å². The molecule has 0 radical (unpaired) electrons. The van der Waals surface area contributed by atoms with Gasteiger partial charge in [-0.15, -0.1) is 11.8 Å². The highest BCUT2D eigenvalue weighted by Gasteiger charge is 2.06. The Labute approximate surface area is 158 Å². The lowest BCUT2D eigenvalue weighted by Gasteiger charge is -2.11. The Morgan fingerprint density at radius 2 is 1.80 bits per heavy atom. The predicted molar refractivity (Wildman–Crippen MR) is 109 cm³/mol. The van der Waals surface area contributed by atoms with Gasteiger partial charge in [-0.3, -0.25) is 0 Å². The molecule has 2 aromatic carbocycles. The molecule has 0 amide bonds. The van der Waals surface area contributed by atoms with Crippen LogP contribution in [0, 0.1) is 6.92 Å². The van der Waals surface area contributed by atoms with Gasteiger partial charge in [0, 0.05) is 22.9 Å². The van der Waals surface area contributed by atoms with Gasteiger partial charge in [-0.05, 0) is 62.5 Å². The zero-order valence-electron chi connectivity index (χ0n) is 14.4. The van der Waals surface area contributed by atoms with Gasteiger partial charge in [-0.25, -0.2) is 4.79 Å². The normalized spacial score (nSPS) is 10.2. The molecule has 0 aromatic heterocycles. The molecule has 132 valence electrons. The summed E-state index contributed by atoms with van der Waals surface area (Å²) < 4.78 is 4.96. The quantitative estimate of drug-likeness (QED) is 0.327. The van der Waals surface area contributed by atoms with Crippen LogP contribution in [0.3, 0.4) is 0 Å². The fourth-order valence-electron chi connectivity index (χ4n) is 2.05. The molecule has 0 spiro atoms.